The molecule has 2 aliphatic rings. The van der Waals surface area contributed by atoms with Crippen LogP contribution < -0.4 is 4.74 Å². The van der Waals surface area contributed by atoms with Crippen LogP contribution in [0.25, 0.3) is 5.57 Å². The van der Waals surface area contributed by atoms with Gasteiger partial charge in [0.2, 0.25) is 5.82 Å². The molecule has 2 N–H and O–H groups in total. The maximum atomic E-state index is 15.0. The van der Waals surface area contributed by atoms with E-state index in [0.29, 0.717) is 42.5 Å². The number of aliphatic hydroxyl groups is 1. The first-order valence-electron chi connectivity index (χ1n) is 15.5. The fourth-order valence-corrected chi connectivity index (χ4v) is 5.61. The first kappa shape index (κ1) is 33.5. The summed E-state index contributed by atoms with van der Waals surface area (Å²) in [4.78, 5) is 17.9. The van der Waals surface area contributed by atoms with Crippen molar-refractivity contribution >= 4 is 22.8 Å². The van der Waals surface area contributed by atoms with Crippen LogP contribution in [0.4, 0.5) is 8.78 Å². The zero-order valence-corrected chi connectivity index (χ0v) is 25.8. The Balaban J connectivity index is 1.51. The van der Waals surface area contributed by atoms with Crippen molar-refractivity contribution in [2.75, 3.05) is 13.2 Å². The number of unbranched alkanes of at least 4 members (excludes halogenated alkanes) is 3. The highest BCUT2D eigenvalue weighted by Crippen LogP contribution is 2.35. The van der Waals surface area contributed by atoms with Crippen LogP contribution in [0.1, 0.15) is 85.3 Å². The minimum absolute atomic E-state index is 0.0343. The van der Waals surface area contributed by atoms with Crippen LogP contribution in [0, 0.1) is 29.4 Å². The van der Waals surface area contributed by atoms with Gasteiger partial charge in [0.25, 0.3) is 0 Å². The van der Waals surface area contributed by atoms with Gasteiger partial charge in [-0.3, -0.25) is 9.79 Å². The van der Waals surface area contributed by atoms with E-state index in [0.717, 1.165) is 60.1 Å². The van der Waals surface area contributed by atoms with E-state index >= 15 is 4.39 Å². The summed E-state index contributed by atoms with van der Waals surface area (Å²) in [5.74, 6) is -0.0892. The number of ketones is 1. The molecule has 0 saturated heterocycles. The number of aliphatic hydroxyl groups excluding tert-OH is 1. The number of benzene rings is 2. The molecule has 0 unspecified atom stereocenters. The molecule has 1 aliphatic carbocycles. The van der Waals surface area contributed by atoms with Gasteiger partial charge in [-0.1, -0.05) is 68.2 Å². The molecule has 7 heteroatoms. The first-order valence-corrected chi connectivity index (χ1v) is 15.5. The second-order valence-corrected chi connectivity index (χ2v) is 11.2. The number of aryl methyl sites for hydroxylation is 1. The standard InChI is InChI=1S/C38H40F2N2O3/c1-3-20-45-35-18-17-33(36(39)37(35)40)30-23-29-13-9-7-8-12-28(38(29)42-25-30)22-26-15-16-32(27(4-2)21-26)34(44)24-31(41)14-10-5-6-11-19-43/h1,7,9,12-13,15-18,21,25,41,43H,4-6,8,10-11,14,19-20,22-24H2,2H3/b9-7-,28-12?,29-13-,41-31?. The zero-order valence-electron chi connectivity index (χ0n) is 25.8. The largest absolute Gasteiger partial charge is 0.478 e. The third kappa shape index (κ3) is 8.83. The number of halogens is 2. The van der Waals surface area contributed by atoms with Crippen molar-refractivity contribution in [3.8, 4) is 18.1 Å². The molecule has 0 aromatic heterocycles. The first-order chi connectivity index (χ1) is 21.9. The molecular weight excluding hydrogens is 570 g/mol. The van der Waals surface area contributed by atoms with E-state index in [4.69, 9.17) is 26.7 Å². The molecule has 0 fully saturated rings. The SMILES string of the molecule is C#CCOc1ccc(C2=CN=C3C(Cc4ccc(C(=O)CC(=N)CCCCCCO)c(CC)c4)=CC/C=C\C=C/3C2)c(F)c1F. The maximum absolute atomic E-state index is 15.0. The molecule has 1 heterocycles. The molecule has 234 valence electrons. The average Bonchev–Trinajstić information content (AvgIpc) is 3.03. The maximum Gasteiger partial charge on any atom is 0.201 e. The lowest BCUT2D eigenvalue weighted by atomic mass is 9.86. The Kier molecular flexibility index (Phi) is 12.4. The number of hydrogen-bond donors (Lipinski definition) is 2. The summed E-state index contributed by atoms with van der Waals surface area (Å²) < 4.78 is 34.8. The van der Waals surface area contributed by atoms with Gasteiger partial charge in [0.15, 0.2) is 17.3 Å². The van der Waals surface area contributed by atoms with E-state index in [1.54, 1.807) is 6.20 Å². The van der Waals surface area contributed by atoms with Crippen LogP contribution in [0.3, 0.4) is 0 Å². The number of nitrogens with zero attached hydrogens (tertiary/aromatic N) is 1. The van der Waals surface area contributed by atoms with Crippen molar-refractivity contribution in [1.29, 1.82) is 5.41 Å². The summed E-state index contributed by atoms with van der Waals surface area (Å²) >= 11 is 0. The molecule has 4 rings (SSSR count). The normalized spacial score (nSPS) is 16.1. The van der Waals surface area contributed by atoms with E-state index < -0.39 is 11.6 Å². The van der Waals surface area contributed by atoms with Gasteiger partial charge in [0.1, 0.15) is 6.61 Å². The van der Waals surface area contributed by atoms with Gasteiger partial charge in [0, 0.05) is 42.5 Å². The topological polar surface area (TPSA) is 82.7 Å². The quantitative estimate of drug-likeness (QED) is 0.0921. The summed E-state index contributed by atoms with van der Waals surface area (Å²) in [5, 5.41) is 17.2. The predicted octanol–water partition coefficient (Wildman–Crippen LogP) is 8.32. The highest BCUT2D eigenvalue weighted by Gasteiger charge is 2.24. The molecule has 0 bridgehead atoms. The number of aliphatic imine (C=N–C) groups is 1. The van der Waals surface area contributed by atoms with E-state index in [9.17, 15) is 9.18 Å². The molecule has 0 radical (unpaired) electrons. The van der Waals surface area contributed by atoms with Crippen LogP contribution in [0.5, 0.6) is 5.75 Å². The molecule has 0 spiro atoms. The second-order valence-electron chi connectivity index (χ2n) is 11.2. The van der Waals surface area contributed by atoms with E-state index in [2.05, 4.69) is 18.1 Å². The number of nitrogens with one attached hydrogen (secondary N) is 1. The fourth-order valence-electron chi connectivity index (χ4n) is 5.61. The molecular formula is C38H40F2N2O3. The van der Waals surface area contributed by atoms with E-state index in [1.807, 2.05) is 37.3 Å². The van der Waals surface area contributed by atoms with Gasteiger partial charge in [-0.15, -0.1) is 6.42 Å². The van der Waals surface area contributed by atoms with Crippen molar-refractivity contribution in [2.24, 2.45) is 4.99 Å². The number of terminal acetylenes is 1. The molecule has 1 aliphatic heterocycles. The van der Waals surface area contributed by atoms with Crippen LogP contribution in [-0.2, 0) is 12.8 Å². The minimum Gasteiger partial charge on any atom is -0.478 e. The van der Waals surface area contributed by atoms with Crippen molar-refractivity contribution in [1.82, 2.24) is 0 Å². The molecule has 0 saturated carbocycles. The lowest BCUT2D eigenvalue weighted by Crippen LogP contribution is -2.15. The van der Waals surface area contributed by atoms with Crippen LogP contribution >= 0.6 is 0 Å². The smallest absolute Gasteiger partial charge is 0.201 e. The summed E-state index contributed by atoms with van der Waals surface area (Å²) in [6.45, 7) is 2.06. The summed E-state index contributed by atoms with van der Waals surface area (Å²) in [6, 6.07) is 8.78. The van der Waals surface area contributed by atoms with Crippen molar-refractivity contribution in [3.05, 3.63) is 106 Å². The molecule has 45 heavy (non-hydrogen) atoms. The Bertz CT molecular complexity index is 1620. The third-order valence-electron chi connectivity index (χ3n) is 7.98. The zero-order chi connectivity index (χ0) is 32.2. The van der Waals surface area contributed by atoms with Crippen molar-refractivity contribution in [3.63, 3.8) is 0 Å². The number of hydrogen-bond acceptors (Lipinski definition) is 5. The van der Waals surface area contributed by atoms with Gasteiger partial charge in [0.05, 0.1) is 5.71 Å². The van der Waals surface area contributed by atoms with Crippen molar-refractivity contribution in [2.45, 2.75) is 71.1 Å². The molecule has 5 nitrogen and oxygen atoms in total. The van der Waals surface area contributed by atoms with Gasteiger partial charge < -0.3 is 15.3 Å². The van der Waals surface area contributed by atoms with Crippen LogP contribution in [0.2, 0.25) is 0 Å². The fraction of sp³-hybridized carbons (Fsp3) is 0.342. The van der Waals surface area contributed by atoms with Gasteiger partial charge in [-0.05, 0) is 78.5 Å². The van der Waals surface area contributed by atoms with E-state index in [-0.39, 0.29) is 36.7 Å². The Labute approximate surface area is 264 Å². The summed E-state index contributed by atoms with van der Waals surface area (Å²) in [6.07, 6.45) is 21.5. The number of allylic oxidation sites excluding steroid dienone is 7. The molecule has 0 amide bonds. The Hall–Kier alpha value is -4.41. The monoisotopic (exact) mass is 610 g/mol. The van der Waals surface area contributed by atoms with Gasteiger partial charge >= 0.3 is 0 Å². The Morgan fingerprint density at radius 1 is 1.11 bits per heavy atom. The number of fused-ring (bicyclic) bond motifs is 1. The van der Waals surface area contributed by atoms with Gasteiger partial charge in [-0.2, -0.15) is 4.39 Å². The molecule has 2 aromatic carbocycles. The van der Waals surface area contributed by atoms with Crippen LogP contribution in [0.15, 0.2) is 77.0 Å². The van der Waals surface area contributed by atoms with Crippen molar-refractivity contribution < 1.29 is 23.4 Å². The number of ether oxygens (including phenoxy) is 1. The number of Topliss-reactive ketones (excluding diaryl/α,β-unsaturated/α-hetero) is 1. The lowest BCUT2D eigenvalue weighted by molar-refractivity contribution is 0.0999. The highest BCUT2D eigenvalue weighted by atomic mass is 19.2. The third-order valence-corrected chi connectivity index (χ3v) is 7.98. The number of carbonyl (C=O) groups excluding carboxylic acids is 1. The predicted molar refractivity (Wildman–Crippen MR) is 177 cm³/mol. The van der Waals surface area contributed by atoms with Gasteiger partial charge in [-0.25, -0.2) is 4.39 Å². The number of rotatable bonds is 15. The summed E-state index contributed by atoms with van der Waals surface area (Å²) in [5.41, 5.74) is 6.53. The van der Waals surface area contributed by atoms with E-state index in [1.165, 1.54) is 12.1 Å². The molecule has 2 aromatic rings. The average molecular weight is 611 g/mol. The lowest BCUT2D eigenvalue weighted by Gasteiger charge is -2.22. The summed E-state index contributed by atoms with van der Waals surface area (Å²) in [7, 11) is 0. The molecule has 0 atom stereocenters. The Morgan fingerprint density at radius 3 is 2.71 bits per heavy atom. The number of carbonyl (C=O) groups is 1. The second kappa shape index (κ2) is 16.6. The van der Waals surface area contributed by atoms with Crippen LogP contribution in [-0.4, -0.2) is 35.5 Å². The Morgan fingerprint density at radius 2 is 1.93 bits per heavy atom. The highest BCUT2D eigenvalue weighted by molar-refractivity contribution is 6.15. The minimum atomic E-state index is -1.08.